The maximum absolute atomic E-state index is 11.9. The van der Waals surface area contributed by atoms with E-state index in [1.165, 1.54) is 0 Å². The minimum absolute atomic E-state index is 0.128. The summed E-state index contributed by atoms with van der Waals surface area (Å²) in [6, 6.07) is 4.98. The number of carbonyl (C=O) groups is 1. The molecule has 94 valence electrons. The van der Waals surface area contributed by atoms with Crippen molar-refractivity contribution in [2.45, 2.75) is 39.8 Å². The van der Waals surface area contributed by atoms with Gasteiger partial charge in [-0.2, -0.15) is 0 Å². The molecule has 0 spiro atoms. The molecule has 3 N–H and O–H groups in total. The van der Waals surface area contributed by atoms with Crippen LogP contribution in [-0.4, -0.2) is 16.9 Å². The van der Waals surface area contributed by atoms with Gasteiger partial charge in [-0.1, -0.05) is 26.8 Å². The van der Waals surface area contributed by atoms with Gasteiger partial charge in [0.15, 0.2) is 0 Å². The fraction of sp³-hybridized carbons (Fsp3) is 0.538. The summed E-state index contributed by atoms with van der Waals surface area (Å²) in [5.74, 6) is -0.143. The van der Waals surface area contributed by atoms with E-state index in [1.54, 1.807) is 6.20 Å². The van der Waals surface area contributed by atoms with E-state index in [-0.39, 0.29) is 17.4 Å². The molecule has 17 heavy (non-hydrogen) atoms. The van der Waals surface area contributed by atoms with Crippen molar-refractivity contribution in [1.82, 2.24) is 10.3 Å². The van der Waals surface area contributed by atoms with Gasteiger partial charge in [0, 0.05) is 6.20 Å². The first-order valence-electron chi connectivity index (χ1n) is 5.79. The topological polar surface area (TPSA) is 68.0 Å². The zero-order valence-corrected chi connectivity index (χ0v) is 10.9. The molecule has 0 aliphatic rings. The molecule has 0 fully saturated rings. The lowest BCUT2D eigenvalue weighted by molar-refractivity contribution is -0.125. The molecule has 1 unspecified atom stereocenters. The van der Waals surface area contributed by atoms with Crippen LogP contribution in [0.3, 0.4) is 0 Å². The predicted molar refractivity (Wildman–Crippen MR) is 68.2 cm³/mol. The summed E-state index contributed by atoms with van der Waals surface area (Å²) in [5.41, 5.74) is 6.48. The number of pyridine rings is 1. The Bertz CT molecular complexity index is 370. The highest BCUT2D eigenvalue weighted by atomic mass is 16.2. The lowest BCUT2D eigenvalue weighted by Crippen LogP contribution is -2.49. The maximum Gasteiger partial charge on any atom is 0.237 e. The third-order valence-electron chi connectivity index (χ3n) is 2.71. The number of nitrogens with two attached hydrogens (primary N) is 1. The first kappa shape index (κ1) is 13.6. The quantitative estimate of drug-likeness (QED) is 0.836. The van der Waals surface area contributed by atoms with Crippen molar-refractivity contribution in [3.63, 3.8) is 0 Å². The first-order chi connectivity index (χ1) is 7.82. The Labute approximate surface area is 103 Å². The number of amides is 1. The van der Waals surface area contributed by atoms with Crippen LogP contribution in [0.4, 0.5) is 0 Å². The molecule has 4 nitrogen and oxygen atoms in total. The van der Waals surface area contributed by atoms with Gasteiger partial charge in [-0.25, -0.2) is 0 Å². The molecule has 0 radical (unpaired) electrons. The van der Waals surface area contributed by atoms with Gasteiger partial charge >= 0.3 is 0 Å². The monoisotopic (exact) mass is 235 g/mol. The van der Waals surface area contributed by atoms with Crippen LogP contribution in [0.15, 0.2) is 24.4 Å². The first-order valence-corrected chi connectivity index (χ1v) is 5.79. The van der Waals surface area contributed by atoms with E-state index in [2.05, 4.69) is 10.3 Å². The standard InChI is InChI=1S/C13H21N3O/c1-9(10-7-5-6-8-15-10)16-12(17)11(14)13(2,3)4/h5-9,11H,14H2,1-4H3,(H,16,17)/t9?,11-/m1/s1. The molecule has 1 aromatic heterocycles. The van der Waals surface area contributed by atoms with Gasteiger partial charge in [0.2, 0.25) is 5.91 Å². The Morgan fingerprint density at radius 1 is 1.41 bits per heavy atom. The number of hydrogen-bond donors (Lipinski definition) is 2. The van der Waals surface area contributed by atoms with E-state index in [4.69, 9.17) is 5.73 Å². The molecule has 2 atom stereocenters. The van der Waals surface area contributed by atoms with Crippen LogP contribution in [0.25, 0.3) is 0 Å². The van der Waals surface area contributed by atoms with Crippen LogP contribution in [-0.2, 0) is 4.79 Å². The molecule has 1 aromatic rings. The highest BCUT2D eigenvalue weighted by Crippen LogP contribution is 2.18. The zero-order valence-electron chi connectivity index (χ0n) is 10.9. The molecule has 0 bridgehead atoms. The average Bonchev–Trinajstić information content (AvgIpc) is 2.27. The van der Waals surface area contributed by atoms with Gasteiger partial charge in [0.25, 0.3) is 0 Å². The Morgan fingerprint density at radius 2 is 2.06 bits per heavy atom. The van der Waals surface area contributed by atoms with Crippen molar-refractivity contribution in [2.24, 2.45) is 11.1 Å². The summed E-state index contributed by atoms with van der Waals surface area (Å²) in [6.45, 7) is 7.74. The molecule has 1 heterocycles. The van der Waals surface area contributed by atoms with Crippen LogP contribution >= 0.6 is 0 Å². The number of rotatable bonds is 3. The van der Waals surface area contributed by atoms with Crippen LogP contribution in [0.5, 0.6) is 0 Å². The molecule has 0 saturated carbocycles. The van der Waals surface area contributed by atoms with Gasteiger partial charge in [0.05, 0.1) is 17.8 Å². The minimum atomic E-state index is -0.520. The Hall–Kier alpha value is -1.42. The molecule has 1 amide bonds. The van der Waals surface area contributed by atoms with Crippen LogP contribution in [0, 0.1) is 5.41 Å². The van der Waals surface area contributed by atoms with Crippen LogP contribution < -0.4 is 11.1 Å². The average molecular weight is 235 g/mol. The van der Waals surface area contributed by atoms with E-state index in [0.717, 1.165) is 5.69 Å². The number of nitrogens with one attached hydrogen (secondary N) is 1. The van der Waals surface area contributed by atoms with E-state index in [1.807, 2.05) is 45.9 Å². The third kappa shape index (κ3) is 3.82. The van der Waals surface area contributed by atoms with Gasteiger partial charge < -0.3 is 11.1 Å². The fourth-order valence-corrected chi connectivity index (χ4v) is 1.40. The molecular weight excluding hydrogens is 214 g/mol. The molecule has 0 saturated heterocycles. The molecule has 4 heteroatoms. The second-order valence-electron chi connectivity index (χ2n) is 5.33. The predicted octanol–water partition coefficient (Wildman–Crippen LogP) is 1.63. The zero-order chi connectivity index (χ0) is 13.1. The molecule has 0 aromatic carbocycles. The smallest absolute Gasteiger partial charge is 0.237 e. The highest BCUT2D eigenvalue weighted by molar-refractivity contribution is 5.82. The number of carbonyl (C=O) groups excluding carboxylic acids is 1. The molecule has 0 aliphatic carbocycles. The Kier molecular flexibility index (Phi) is 4.23. The number of hydrogen-bond acceptors (Lipinski definition) is 3. The van der Waals surface area contributed by atoms with Crippen LogP contribution in [0.1, 0.15) is 39.4 Å². The van der Waals surface area contributed by atoms with Crippen molar-refractivity contribution >= 4 is 5.91 Å². The lowest BCUT2D eigenvalue weighted by Gasteiger charge is -2.27. The summed E-state index contributed by atoms with van der Waals surface area (Å²) >= 11 is 0. The lowest BCUT2D eigenvalue weighted by atomic mass is 9.87. The van der Waals surface area contributed by atoms with E-state index in [9.17, 15) is 4.79 Å². The van der Waals surface area contributed by atoms with Crippen molar-refractivity contribution < 1.29 is 4.79 Å². The second-order valence-corrected chi connectivity index (χ2v) is 5.33. The highest BCUT2D eigenvalue weighted by Gasteiger charge is 2.28. The normalized spacial score (nSPS) is 15.1. The minimum Gasteiger partial charge on any atom is -0.347 e. The number of aromatic nitrogens is 1. The summed E-state index contributed by atoms with van der Waals surface area (Å²) < 4.78 is 0. The van der Waals surface area contributed by atoms with Gasteiger partial charge in [-0.05, 0) is 24.5 Å². The largest absolute Gasteiger partial charge is 0.347 e. The maximum atomic E-state index is 11.9. The molecule has 1 rings (SSSR count). The third-order valence-corrected chi connectivity index (χ3v) is 2.71. The Morgan fingerprint density at radius 3 is 2.53 bits per heavy atom. The van der Waals surface area contributed by atoms with Crippen molar-refractivity contribution in [2.75, 3.05) is 0 Å². The van der Waals surface area contributed by atoms with Crippen molar-refractivity contribution in [3.05, 3.63) is 30.1 Å². The summed E-state index contributed by atoms with van der Waals surface area (Å²) in [6.07, 6.45) is 1.71. The van der Waals surface area contributed by atoms with Crippen molar-refractivity contribution in [3.8, 4) is 0 Å². The molecule has 0 aliphatic heterocycles. The fourth-order valence-electron chi connectivity index (χ4n) is 1.40. The van der Waals surface area contributed by atoms with Crippen LogP contribution in [0.2, 0.25) is 0 Å². The van der Waals surface area contributed by atoms with E-state index >= 15 is 0 Å². The van der Waals surface area contributed by atoms with E-state index < -0.39 is 6.04 Å². The second kappa shape index (κ2) is 5.27. The summed E-state index contributed by atoms with van der Waals surface area (Å²) in [4.78, 5) is 16.1. The van der Waals surface area contributed by atoms with Gasteiger partial charge in [0.1, 0.15) is 0 Å². The van der Waals surface area contributed by atoms with Gasteiger partial charge in [-0.3, -0.25) is 9.78 Å². The number of nitrogens with zero attached hydrogens (tertiary/aromatic N) is 1. The molecular formula is C13H21N3O. The Balaban J connectivity index is 2.64. The summed E-state index contributed by atoms with van der Waals surface area (Å²) in [5, 5.41) is 2.88. The SMILES string of the molecule is CC(NC(=O)[C@@H](N)C(C)(C)C)c1ccccn1. The van der Waals surface area contributed by atoms with E-state index in [0.29, 0.717) is 0 Å². The van der Waals surface area contributed by atoms with Crippen molar-refractivity contribution in [1.29, 1.82) is 0 Å². The van der Waals surface area contributed by atoms with Gasteiger partial charge in [-0.15, -0.1) is 0 Å². The summed E-state index contributed by atoms with van der Waals surface area (Å²) in [7, 11) is 0.